The molecule has 0 bridgehead atoms. The molecule has 1 saturated heterocycles. The number of carbonyl (C=O) groups is 1. The normalized spacial score (nSPS) is 20.2. The summed E-state index contributed by atoms with van der Waals surface area (Å²) >= 11 is 9.34. The number of hydrogen-bond donors (Lipinski definition) is 0. The molecule has 0 aromatic heterocycles. The average molecular weight is 484 g/mol. The van der Waals surface area contributed by atoms with Crippen LogP contribution in [0.5, 0.6) is 0 Å². The molecule has 1 fully saturated rings. The number of carbonyl (C=O) groups excluding carboxylic acids is 1. The Labute approximate surface area is 178 Å². The number of piperidine rings is 1. The standard InChI is InChI=1S/C20H20BrClN2O3S/c21-16-3-8-19-14(12-16)9-11-24(19)20(25)15-2-1-10-23(13-15)28(26,27)18-6-4-17(22)5-7-18/h3-8,12,15H,1-2,9-11,13H2/t15-/m0/s1. The summed E-state index contributed by atoms with van der Waals surface area (Å²) in [6, 6.07) is 12.1. The van der Waals surface area contributed by atoms with Gasteiger partial charge in [-0.25, -0.2) is 8.42 Å². The highest BCUT2D eigenvalue weighted by atomic mass is 79.9. The van der Waals surface area contributed by atoms with E-state index in [1.54, 1.807) is 12.1 Å². The van der Waals surface area contributed by atoms with E-state index in [9.17, 15) is 13.2 Å². The number of benzene rings is 2. The number of halogens is 2. The SMILES string of the molecule is O=C([C@H]1CCCN(S(=O)(=O)c2ccc(Cl)cc2)C1)N1CCc2cc(Br)ccc21. The van der Waals surface area contributed by atoms with Gasteiger partial charge in [-0.2, -0.15) is 4.31 Å². The zero-order valence-electron chi connectivity index (χ0n) is 15.1. The summed E-state index contributed by atoms with van der Waals surface area (Å²) in [5.41, 5.74) is 2.08. The molecule has 8 heteroatoms. The fourth-order valence-corrected chi connectivity index (χ4v) is 6.00. The van der Waals surface area contributed by atoms with E-state index in [0.717, 1.165) is 22.1 Å². The molecule has 28 heavy (non-hydrogen) atoms. The number of amides is 1. The number of hydrogen-bond acceptors (Lipinski definition) is 3. The molecule has 0 radical (unpaired) electrons. The van der Waals surface area contributed by atoms with Gasteiger partial charge in [0.25, 0.3) is 0 Å². The van der Waals surface area contributed by atoms with Crippen molar-refractivity contribution in [3.63, 3.8) is 0 Å². The molecule has 5 nitrogen and oxygen atoms in total. The van der Waals surface area contributed by atoms with Gasteiger partial charge in [0.1, 0.15) is 0 Å². The third-order valence-electron chi connectivity index (χ3n) is 5.39. The molecule has 1 atom stereocenters. The van der Waals surface area contributed by atoms with E-state index in [1.807, 2.05) is 23.1 Å². The molecule has 0 N–H and O–H groups in total. The lowest BCUT2D eigenvalue weighted by atomic mass is 9.98. The summed E-state index contributed by atoms with van der Waals surface area (Å²) < 4.78 is 28.4. The molecular formula is C20H20BrClN2O3S. The molecule has 2 aromatic rings. The maximum Gasteiger partial charge on any atom is 0.243 e. The lowest BCUT2D eigenvalue weighted by Crippen LogP contribution is -2.46. The predicted octanol–water partition coefficient (Wildman–Crippen LogP) is 4.09. The highest BCUT2D eigenvalue weighted by molar-refractivity contribution is 9.10. The Morgan fingerprint density at radius 3 is 2.61 bits per heavy atom. The number of rotatable bonds is 3. The van der Waals surface area contributed by atoms with E-state index in [1.165, 1.54) is 16.4 Å². The van der Waals surface area contributed by atoms with Gasteiger partial charge in [-0.15, -0.1) is 0 Å². The Kier molecular flexibility index (Phi) is 5.53. The first-order valence-corrected chi connectivity index (χ1v) is 11.8. The van der Waals surface area contributed by atoms with Gasteiger partial charge in [0.15, 0.2) is 0 Å². The first kappa shape index (κ1) is 19.9. The van der Waals surface area contributed by atoms with E-state index in [-0.39, 0.29) is 23.3 Å². The number of fused-ring (bicyclic) bond motifs is 1. The Hall–Kier alpha value is -1.41. The van der Waals surface area contributed by atoms with Crippen LogP contribution in [0.1, 0.15) is 18.4 Å². The van der Waals surface area contributed by atoms with Crippen LogP contribution in [0.4, 0.5) is 5.69 Å². The summed E-state index contributed by atoms with van der Waals surface area (Å²) in [4.78, 5) is 15.2. The van der Waals surface area contributed by atoms with Gasteiger partial charge < -0.3 is 4.90 Å². The largest absolute Gasteiger partial charge is 0.312 e. The summed E-state index contributed by atoms with van der Waals surface area (Å²) in [6.07, 6.45) is 2.19. The van der Waals surface area contributed by atoms with Crippen molar-refractivity contribution in [1.29, 1.82) is 0 Å². The summed E-state index contributed by atoms with van der Waals surface area (Å²) in [6.45, 7) is 1.29. The van der Waals surface area contributed by atoms with Crippen molar-refractivity contribution < 1.29 is 13.2 Å². The van der Waals surface area contributed by atoms with Gasteiger partial charge in [-0.3, -0.25) is 4.79 Å². The van der Waals surface area contributed by atoms with Crippen LogP contribution in [0.25, 0.3) is 0 Å². The molecule has 0 spiro atoms. The van der Waals surface area contributed by atoms with Crippen LogP contribution in [0.15, 0.2) is 51.8 Å². The highest BCUT2D eigenvalue weighted by Crippen LogP contribution is 2.33. The Balaban J connectivity index is 1.53. The van der Waals surface area contributed by atoms with Gasteiger partial charge in [-0.1, -0.05) is 27.5 Å². The Bertz CT molecular complexity index is 1010. The number of anilines is 1. The van der Waals surface area contributed by atoms with Gasteiger partial charge in [0.05, 0.1) is 10.8 Å². The van der Waals surface area contributed by atoms with Crippen LogP contribution >= 0.6 is 27.5 Å². The molecule has 2 heterocycles. The van der Waals surface area contributed by atoms with Crippen LogP contribution in [-0.2, 0) is 21.2 Å². The topological polar surface area (TPSA) is 57.7 Å². The fraction of sp³-hybridized carbons (Fsp3) is 0.350. The number of nitrogens with zero attached hydrogens (tertiary/aromatic N) is 2. The molecule has 0 aliphatic carbocycles. The zero-order valence-corrected chi connectivity index (χ0v) is 18.3. The molecule has 2 aliphatic heterocycles. The number of sulfonamides is 1. The Morgan fingerprint density at radius 2 is 1.86 bits per heavy atom. The van der Waals surface area contributed by atoms with E-state index >= 15 is 0 Å². The molecule has 0 unspecified atom stereocenters. The van der Waals surface area contributed by atoms with Crippen LogP contribution in [0.3, 0.4) is 0 Å². The maximum atomic E-state index is 13.2. The quantitative estimate of drug-likeness (QED) is 0.661. The predicted molar refractivity (Wildman–Crippen MR) is 113 cm³/mol. The van der Waals surface area contributed by atoms with Crippen molar-refractivity contribution in [2.45, 2.75) is 24.2 Å². The first-order chi connectivity index (χ1) is 13.4. The summed E-state index contributed by atoms with van der Waals surface area (Å²) in [7, 11) is -3.64. The molecule has 0 saturated carbocycles. The third-order valence-corrected chi connectivity index (χ3v) is 8.01. The molecule has 2 aromatic carbocycles. The second-order valence-corrected chi connectivity index (χ2v) is 10.5. The lowest BCUT2D eigenvalue weighted by molar-refractivity contribution is -0.123. The van der Waals surface area contributed by atoms with E-state index in [0.29, 0.717) is 31.0 Å². The summed E-state index contributed by atoms with van der Waals surface area (Å²) in [5.74, 6) is -0.317. The fourth-order valence-electron chi connectivity index (χ4n) is 3.94. The van der Waals surface area contributed by atoms with Crippen molar-refractivity contribution in [3.8, 4) is 0 Å². The lowest BCUT2D eigenvalue weighted by Gasteiger charge is -2.33. The zero-order chi connectivity index (χ0) is 19.9. The molecular weight excluding hydrogens is 464 g/mol. The summed E-state index contributed by atoms with van der Waals surface area (Å²) in [5, 5.41) is 0.491. The minimum absolute atomic E-state index is 0.0112. The van der Waals surface area contributed by atoms with Crippen LogP contribution in [0.2, 0.25) is 5.02 Å². The van der Waals surface area contributed by atoms with Gasteiger partial charge in [0.2, 0.25) is 15.9 Å². The van der Waals surface area contributed by atoms with E-state index < -0.39 is 10.0 Å². The average Bonchev–Trinajstić information content (AvgIpc) is 3.10. The van der Waals surface area contributed by atoms with Gasteiger partial charge in [-0.05, 0) is 67.3 Å². The van der Waals surface area contributed by atoms with Gasteiger partial charge >= 0.3 is 0 Å². The maximum absolute atomic E-state index is 13.2. The van der Waals surface area contributed by atoms with Gasteiger partial charge in [0, 0.05) is 34.8 Å². The molecule has 4 rings (SSSR count). The van der Waals surface area contributed by atoms with Crippen LogP contribution in [0, 0.1) is 5.92 Å². The van der Waals surface area contributed by atoms with Crippen molar-refractivity contribution >= 4 is 49.1 Å². The first-order valence-electron chi connectivity index (χ1n) is 9.22. The van der Waals surface area contributed by atoms with Crippen molar-refractivity contribution in [3.05, 3.63) is 57.5 Å². The monoisotopic (exact) mass is 482 g/mol. The van der Waals surface area contributed by atoms with Crippen molar-refractivity contribution in [1.82, 2.24) is 4.31 Å². The Morgan fingerprint density at radius 1 is 1.11 bits per heavy atom. The van der Waals surface area contributed by atoms with E-state index in [4.69, 9.17) is 11.6 Å². The third kappa shape index (κ3) is 3.73. The molecule has 1 amide bonds. The molecule has 148 valence electrons. The second kappa shape index (κ2) is 7.78. The minimum Gasteiger partial charge on any atom is -0.312 e. The highest BCUT2D eigenvalue weighted by Gasteiger charge is 2.37. The van der Waals surface area contributed by atoms with Crippen LogP contribution < -0.4 is 4.90 Å². The van der Waals surface area contributed by atoms with Crippen LogP contribution in [-0.4, -0.2) is 38.3 Å². The van der Waals surface area contributed by atoms with Crippen molar-refractivity contribution in [2.24, 2.45) is 5.92 Å². The molecule has 2 aliphatic rings. The van der Waals surface area contributed by atoms with Crippen molar-refractivity contribution in [2.75, 3.05) is 24.5 Å². The smallest absolute Gasteiger partial charge is 0.243 e. The minimum atomic E-state index is -3.64. The van der Waals surface area contributed by atoms with E-state index in [2.05, 4.69) is 15.9 Å². The second-order valence-electron chi connectivity index (χ2n) is 7.17.